The molecule has 0 fully saturated rings. The van der Waals surface area contributed by atoms with Crippen LogP contribution in [0.25, 0.3) is 0 Å². The van der Waals surface area contributed by atoms with E-state index in [-0.39, 0.29) is 11.3 Å². The lowest BCUT2D eigenvalue weighted by atomic mass is 10.1. The van der Waals surface area contributed by atoms with Crippen LogP contribution in [0, 0.1) is 29.6 Å². The molecule has 2 rings (SSSR count). The number of methoxy groups -OCH3 is 1. The molecule has 0 aliphatic heterocycles. The molecule has 104 valence electrons. The molecule has 7 heteroatoms. The Balaban J connectivity index is 2.29. The number of rotatable bonds is 3. The molecule has 0 unspecified atom stereocenters. The number of ether oxygens (including phenoxy) is 1. The van der Waals surface area contributed by atoms with Gasteiger partial charge in [0, 0.05) is 10.6 Å². The number of benzene rings is 1. The number of aryl methyl sites for hydroxylation is 1. The van der Waals surface area contributed by atoms with Crippen molar-refractivity contribution in [2.75, 3.05) is 12.4 Å². The van der Waals surface area contributed by atoms with E-state index >= 15 is 0 Å². The minimum atomic E-state index is -0.491. The van der Waals surface area contributed by atoms with E-state index in [1.54, 1.807) is 25.1 Å². The van der Waals surface area contributed by atoms with Crippen LogP contribution >= 0.6 is 11.3 Å². The molecule has 0 bridgehead atoms. The maximum Gasteiger partial charge on any atom is 0.357 e. The van der Waals surface area contributed by atoms with E-state index in [9.17, 15) is 4.79 Å². The second-order valence-electron chi connectivity index (χ2n) is 4.02. The summed E-state index contributed by atoms with van der Waals surface area (Å²) in [5, 5.41) is 21.4. The topological polar surface area (TPSA) is 98.8 Å². The Morgan fingerprint density at radius 1 is 1.33 bits per heavy atom. The fraction of sp³-hybridized carbons (Fsp3) is 0.143. The van der Waals surface area contributed by atoms with Crippen LogP contribution < -0.4 is 5.32 Å². The first-order chi connectivity index (χ1) is 10.1. The van der Waals surface area contributed by atoms with Gasteiger partial charge in [0.25, 0.3) is 0 Å². The Kier molecular flexibility index (Phi) is 4.17. The van der Waals surface area contributed by atoms with Gasteiger partial charge in [0.1, 0.15) is 12.1 Å². The molecular formula is C14H10N4O2S. The Bertz CT molecular complexity index is 783. The maximum absolute atomic E-state index is 11.5. The number of carbonyl (C=O) groups is 1. The van der Waals surface area contributed by atoms with Gasteiger partial charge in [-0.3, -0.25) is 0 Å². The summed E-state index contributed by atoms with van der Waals surface area (Å²) in [5.41, 5.74) is 1.48. The number of esters is 1. The predicted octanol–water partition coefficient (Wildman–Crippen LogP) is 2.73. The number of thiazole rings is 1. The summed E-state index contributed by atoms with van der Waals surface area (Å²) in [7, 11) is 1.30. The molecule has 1 N–H and O–H groups in total. The predicted molar refractivity (Wildman–Crippen MR) is 77.3 cm³/mol. The van der Waals surface area contributed by atoms with Gasteiger partial charge < -0.3 is 10.1 Å². The van der Waals surface area contributed by atoms with E-state index in [1.165, 1.54) is 18.4 Å². The van der Waals surface area contributed by atoms with Gasteiger partial charge in [-0.1, -0.05) is 0 Å². The third kappa shape index (κ3) is 2.99. The van der Waals surface area contributed by atoms with Gasteiger partial charge in [-0.05, 0) is 25.1 Å². The molecule has 0 aliphatic carbocycles. The number of nitrogens with one attached hydrogen (secondary N) is 1. The van der Waals surface area contributed by atoms with Crippen LogP contribution in [0.15, 0.2) is 18.2 Å². The number of nitrogens with zero attached hydrogens (tertiary/aromatic N) is 3. The lowest BCUT2D eigenvalue weighted by Gasteiger charge is -2.03. The third-order valence-electron chi connectivity index (χ3n) is 2.69. The van der Waals surface area contributed by atoms with Crippen LogP contribution in [0.3, 0.4) is 0 Å². The highest BCUT2D eigenvalue weighted by Gasteiger charge is 2.16. The highest BCUT2D eigenvalue weighted by molar-refractivity contribution is 7.15. The van der Waals surface area contributed by atoms with Crippen molar-refractivity contribution in [3.8, 4) is 12.1 Å². The number of anilines is 2. The van der Waals surface area contributed by atoms with E-state index in [2.05, 4.69) is 15.0 Å². The van der Waals surface area contributed by atoms with E-state index in [0.717, 1.165) is 4.88 Å². The Hall–Kier alpha value is -2.90. The second kappa shape index (κ2) is 6.04. The normalized spacial score (nSPS) is 9.52. The van der Waals surface area contributed by atoms with Gasteiger partial charge in [0.05, 0.1) is 18.2 Å². The highest BCUT2D eigenvalue weighted by atomic mass is 32.1. The maximum atomic E-state index is 11.5. The fourth-order valence-electron chi connectivity index (χ4n) is 1.67. The zero-order chi connectivity index (χ0) is 15.4. The van der Waals surface area contributed by atoms with Crippen molar-refractivity contribution in [2.45, 2.75) is 6.92 Å². The number of nitriles is 2. The summed E-state index contributed by atoms with van der Waals surface area (Å²) in [6.07, 6.45) is 0. The first-order valence-electron chi connectivity index (χ1n) is 5.86. The molecular weight excluding hydrogens is 288 g/mol. The molecule has 2 aromatic rings. The SMILES string of the molecule is COC(=O)c1nc(Nc2ccc(C#N)c(C#N)c2)sc1C. The molecule has 1 aromatic heterocycles. The summed E-state index contributed by atoms with van der Waals surface area (Å²) in [4.78, 5) is 16.4. The molecule has 0 aliphatic rings. The minimum Gasteiger partial charge on any atom is -0.464 e. The van der Waals surface area contributed by atoms with E-state index in [4.69, 9.17) is 10.5 Å². The van der Waals surface area contributed by atoms with Crippen molar-refractivity contribution in [1.82, 2.24) is 4.98 Å². The largest absolute Gasteiger partial charge is 0.464 e. The van der Waals surface area contributed by atoms with Gasteiger partial charge in [0.15, 0.2) is 10.8 Å². The molecule has 0 atom stereocenters. The first-order valence-corrected chi connectivity index (χ1v) is 6.67. The van der Waals surface area contributed by atoms with Crippen LogP contribution in [0.4, 0.5) is 10.8 Å². The van der Waals surface area contributed by atoms with Gasteiger partial charge >= 0.3 is 5.97 Å². The van der Waals surface area contributed by atoms with Crippen molar-refractivity contribution >= 4 is 28.1 Å². The molecule has 0 radical (unpaired) electrons. The van der Waals surface area contributed by atoms with Crippen molar-refractivity contribution in [3.63, 3.8) is 0 Å². The molecule has 0 saturated carbocycles. The average molecular weight is 298 g/mol. The smallest absolute Gasteiger partial charge is 0.357 e. The molecule has 0 amide bonds. The van der Waals surface area contributed by atoms with Gasteiger partial charge in [-0.2, -0.15) is 10.5 Å². The van der Waals surface area contributed by atoms with E-state index in [0.29, 0.717) is 16.4 Å². The third-order valence-corrected chi connectivity index (χ3v) is 3.57. The number of carbonyl (C=O) groups excluding carboxylic acids is 1. The summed E-state index contributed by atoms with van der Waals surface area (Å²) in [6.45, 7) is 1.77. The van der Waals surface area contributed by atoms with Crippen LogP contribution in [0.1, 0.15) is 26.5 Å². The number of hydrogen-bond donors (Lipinski definition) is 1. The fourth-order valence-corrected chi connectivity index (χ4v) is 2.49. The van der Waals surface area contributed by atoms with E-state index < -0.39 is 5.97 Å². The van der Waals surface area contributed by atoms with Gasteiger partial charge in [-0.25, -0.2) is 9.78 Å². The standard InChI is InChI=1S/C14H10N4O2S/c1-8-12(13(19)20-2)18-14(21-8)17-11-4-3-9(6-15)10(5-11)7-16/h3-5H,1-2H3,(H,17,18). The Labute approximate surface area is 125 Å². The first kappa shape index (κ1) is 14.5. The lowest BCUT2D eigenvalue weighted by molar-refractivity contribution is 0.0594. The van der Waals surface area contributed by atoms with Crippen LogP contribution in [0.2, 0.25) is 0 Å². The zero-order valence-corrected chi connectivity index (χ0v) is 12.1. The van der Waals surface area contributed by atoms with Crippen LogP contribution in [0.5, 0.6) is 0 Å². The van der Waals surface area contributed by atoms with Gasteiger partial charge in [-0.15, -0.1) is 11.3 Å². The molecule has 1 aromatic carbocycles. The molecule has 6 nitrogen and oxygen atoms in total. The highest BCUT2D eigenvalue weighted by Crippen LogP contribution is 2.26. The molecule has 21 heavy (non-hydrogen) atoms. The quantitative estimate of drug-likeness (QED) is 0.875. The molecule has 1 heterocycles. The van der Waals surface area contributed by atoms with E-state index in [1.807, 2.05) is 12.1 Å². The molecule has 0 saturated heterocycles. The van der Waals surface area contributed by atoms with Gasteiger partial charge in [0.2, 0.25) is 0 Å². The molecule has 0 spiro atoms. The average Bonchev–Trinajstić information content (AvgIpc) is 2.86. The van der Waals surface area contributed by atoms with Crippen molar-refractivity contribution in [2.24, 2.45) is 0 Å². The number of hydrogen-bond acceptors (Lipinski definition) is 7. The Morgan fingerprint density at radius 3 is 2.67 bits per heavy atom. The summed E-state index contributed by atoms with van der Waals surface area (Å²) in [6, 6.07) is 8.71. The zero-order valence-electron chi connectivity index (χ0n) is 11.3. The van der Waals surface area contributed by atoms with Crippen molar-refractivity contribution < 1.29 is 9.53 Å². The summed E-state index contributed by atoms with van der Waals surface area (Å²) in [5.74, 6) is -0.491. The van der Waals surface area contributed by atoms with Crippen LogP contribution in [-0.4, -0.2) is 18.1 Å². The van der Waals surface area contributed by atoms with Crippen molar-refractivity contribution in [3.05, 3.63) is 39.9 Å². The lowest BCUT2D eigenvalue weighted by Crippen LogP contribution is -2.03. The summed E-state index contributed by atoms with van der Waals surface area (Å²) < 4.78 is 4.65. The Morgan fingerprint density at radius 2 is 2.05 bits per heavy atom. The minimum absolute atomic E-state index is 0.263. The monoisotopic (exact) mass is 298 g/mol. The second-order valence-corrected chi connectivity index (χ2v) is 5.23. The van der Waals surface area contributed by atoms with Crippen LogP contribution in [-0.2, 0) is 4.74 Å². The van der Waals surface area contributed by atoms with Crippen molar-refractivity contribution in [1.29, 1.82) is 10.5 Å². The number of aromatic nitrogens is 1. The summed E-state index contributed by atoms with van der Waals surface area (Å²) >= 11 is 1.31.